The average molecular weight is 463 g/mol. The molecule has 0 heterocycles. The summed E-state index contributed by atoms with van der Waals surface area (Å²) >= 11 is 15.2. The summed E-state index contributed by atoms with van der Waals surface area (Å²) in [5.41, 5.74) is 0.625. The van der Waals surface area contributed by atoms with Crippen LogP contribution in [-0.4, -0.2) is 21.6 Å². The maximum Gasteiger partial charge on any atom is 0.242 e. The molecule has 0 amide bonds. The first-order chi connectivity index (χ1) is 11.8. The Morgan fingerprint density at radius 1 is 1.16 bits per heavy atom. The SMILES string of the molecule is Cc1cc(S(=O)(=O)NCC#CCOc2cccc(Br)c2)c(Cl)cc1Cl. The van der Waals surface area contributed by atoms with E-state index in [0.29, 0.717) is 16.3 Å². The van der Waals surface area contributed by atoms with Crippen molar-refractivity contribution in [1.29, 1.82) is 0 Å². The summed E-state index contributed by atoms with van der Waals surface area (Å²) in [4.78, 5) is -0.0248. The van der Waals surface area contributed by atoms with Gasteiger partial charge in [-0.2, -0.15) is 4.72 Å². The van der Waals surface area contributed by atoms with Crippen molar-refractivity contribution in [1.82, 2.24) is 4.72 Å². The van der Waals surface area contributed by atoms with E-state index in [1.165, 1.54) is 12.1 Å². The van der Waals surface area contributed by atoms with Crippen LogP contribution in [0.5, 0.6) is 5.75 Å². The summed E-state index contributed by atoms with van der Waals surface area (Å²) in [7, 11) is -3.77. The number of rotatable bonds is 5. The highest BCUT2D eigenvalue weighted by molar-refractivity contribution is 9.10. The van der Waals surface area contributed by atoms with E-state index in [2.05, 4.69) is 32.5 Å². The number of hydrogen-bond donors (Lipinski definition) is 1. The molecule has 0 unspecified atom stereocenters. The zero-order valence-corrected chi connectivity index (χ0v) is 17.1. The molecule has 0 aliphatic carbocycles. The Kier molecular flexibility index (Phi) is 7.17. The van der Waals surface area contributed by atoms with Gasteiger partial charge >= 0.3 is 0 Å². The molecule has 0 spiro atoms. The molecule has 0 fully saturated rings. The molecule has 4 nitrogen and oxygen atoms in total. The Morgan fingerprint density at radius 3 is 2.64 bits per heavy atom. The third-order valence-electron chi connectivity index (χ3n) is 3.09. The van der Waals surface area contributed by atoms with Crippen LogP contribution in [0.3, 0.4) is 0 Å². The lowest BCUT2D eigenvalue weighted by atomic mass is 10.2. The van der Waals surface area contributed by atoms with Crippen LogP contribution in [0.1, 0.15) is 5.56 Å². The van der Waals surface area contributed by atoms with Crippen molar-refractivity contribution >= 4 is 49.2 Å². The lowest BCUT2D eigenvalue weighted by Crippen LogP contribution is -2.24. The zero-order valence-electron chi connectivity index (χ0n) is 13.1. The van der Waals surface area contributed by atoms with Gasteiger partial charge in [0.25, 0.3) is 0 Å². The fourth-order valence-electron chi connectivity index (χ4n) is 1.84. The highest BCUT2D eigenvalue weighted by Gasteiger charge is 2.18. The molecule has 0 saturated carbocycles. The van der Waals surface area contributed by atoms with E-state index >= 15 is 0 Å². The molecule has 0 radical (unpaired) electrons. The summed E-state index contributed by atoms with van der Waals surface area (Å²) in [6.45, 7) is 1.80. The van der Waals surface area contributed by atoms with Gasteiger partial charge in [-0.1, -0.05) is 57.0 Å². The van der Waals surface area contributed by atoms with Crippen LogP contribution in [0.15, 0.2) is 45.8 Å². The van der Waals surface area contributed by atoms with Crippen molar-refractivity contribution in [3.8, 4) is 17.6 Å². The van der Waals surface area contributed by atoms with Crippen LogP contribution >= 0.6 is 39.1 Å². The van der Waals surface area contributed by atoms with Gasteiger partial charge in [-0.3, -0.25) is 0 Å². The highest BCUT2D eigenvalue weighted by Crippen LogP contribution is 2.27. The normalized spacial score (nSPS) is 10.9. The van der Waals surface area contributed by atoms with Crippen LogP contribution in [0, 0.1) is 18.8 Å². The fraction of sp³-hybridized carbons (Fsp3) is 0.176. The number of hydrogen-bond acceptors (Lipinski definition) is 3. The lowest BCUT2D eigenvalue weighted by molar-refractivity contribution is 0.370. The second kappa shape index (κ2) is 8.93. The van der Waals surface area contributed by atoms with Crippen molar-refractivity contribution in [3.63, 3.8) is 0 Å². The average Bonchev–Trinajstić information content (AvgIpc) is 2.54. The van der Waals surface area contributed by atoms with Crippen molar-refractivity contribution in [2.45, 2.75) is 11.8 Å². The minimum absolute atomic E-state index is 0.0248. The van der Waals surface area contributed by atoms with Crippen molar-refractivity contribution in [3.05, 3.63) is 56.5 Å². The van der Waals surface area contributed by atoms with Gasteiger partial charge in [0, 0.05) is 9.50 Å². The Balaban J connectivity index is 1.92. The van der Waals surface area contributed by atoms with E-state index in [-0.39, 0.29) is 23.1 Å². The predicted octanol–water partition coefficient (Wildman–Crippen LogP) is 4.43. The topological polar surface area (TPSA) is 55.4 Å². The molecular weight excluding hydrogens is 449 g/mol. The molecule has 2 rings (SSSR count). The summed E-state index contributed by atoms with van der Waals surface area (Å²) in [6.07, 6.45) is 0. The molecule has 0 aromatic heterocycles. The second-order valence-electron chi connectivity index (χ2n) is 4.96. The molecule has 2 aromatic carbocycles. The first-order valence-electron chi connectivity index (χ1n) is 7.09. The molecule has 132 valence electrons. The van der Waals surface area contributed by atoms with Gasteiger partial charge in [-0.15, -0.1) is 0 Å². The molecule has 0 bridgehead atoms. The monoisotopic (exact) mass is 461 g/mol. The maximum absolute atomic E-state index is 12.3. The van der Waals surface area contributed by atoms with Crippen molar-refractivity contribution in [2.24, 2.45) is 0 Å². The van der Waals surface area contributed by atoms with E-state index in [1.54, 1.807) is 13.0 Å². The van der Waals surface area contributed by atoms with Crippen LogP contribution in [0.4, 0.5) is 0 Å². The van der Waals surface area contributed by atoms with Crippen LogP contribution in [0.25, 0.3) is 0 Å². The van der Waals surface area contributed by atoms with E-state index < -0.39 is 10.0 Å². The number of sulfonamides is 1. The number of ether oxygens (including phenoxy) is 1. The Morgan fingerprint density at radius 2 is 1.92 bits per heavy atom. The van der Waals surface area contributed by atoms with Gasteiger partial charge in [0.1, 0.15) is 17.3 Å². The minimum atomic E-state index is -3.77. The van der Waals surface area contributed by atoms with E-state index in [1.807, 2.05) is 18.2 Å². The molecule has 0 saturated heterocycles. The summed E-state index contributed by atoms with van der Waals surface area (Å²) in [5, 5.41) is 0.475. The smallest absolute Gasteiger partial charge is 0.242 e. The maximum atomic E-state index is 12.3. The van der Waals surface area contributed by atoms with Crippen molar-refractivity contribution in [2.75, 3.05) is 13.2 Å². The van der Waals surface area contributed by atoms with Crippen molar-refractivity contribution < 1.29 is 13.2 Å². The van der Waals surface area contributed by atoms with Crippen LogP contribution in [0.2, 0.25) is 10.0 Å². The Labute approximate surface area is 165 Å². The zero-order chi connectivity index (χ0) is 18.4. The number of nitrogens with one attached hydrogen (secondary N) is 1. The van der Waals surface area contributed by atoms with Crippen LogP contribution in [-0.2, 0) is 10.0 Å². The highest BCUT2D eigenvalue weighted by atomic mass is 79.9. The molecule has 1 N–H and O–H groups in total. The molecular formula is C17H14BrCl2NO3S. The van der Waals surface area contributed by atoms with Gasteiger partial charge in [-0.25, -0.2) is 8.42 Å². The van der Waals surface area contributed by atoms with Gasteiger partial charge in [0.05, 0.1) is 11.6 Å². The number of aryl methyl sites for hydroxylation is 1. The first-order valence-corrected chi connectivity index (χ1v) is 10.1. The second-order valence-corrected chi connectivity index (χ2v) is 8.42. The van der Waals surface area contributed by atoms with E-state index in [9.17, 15) is 8.42 Å². The summed E-state index contributed by atoms with van der Waals surface area (Å²) in [6, 6.07) is 10.2. The fourth-order valence-corrected chi connectivity index (χ4v) is 3.97. The molecule has 0 aliphatic heterocycles. The summed E-state index contributed by atoms with van der Waals surface area (Å²) < 4.78 is 33.2. The lowest BCUT2D eigenvalue weighted by Gasteiger charge is -2.08. The van der Waals surface area contributed by atoms with Gasteiger partial charge < -0.3 is 4.74 Å². The van der Waals surface area contributed by atoms with Gasteiger partial charge in [0.15, 0.2) is 0 Å². The Hall–Kier alpha value is -1.23. The molecule has 0 atom stereocenters. The summed E-state index contributed by atoms with van der Waals surface area (Å²) in [5.74, 6) is 6.11. The number of halogens is 3. The Bertz CT molecular complexity index is 937. The van der Waals surface area contributed by atoms with E-state index in [4.69, 9.17) is 27.9 Å². The third kappa shape index (κ3) is 5.91. The minimum Gasteiger partial charge on any atom is -0.481 e. The third-order valence-corrected chi connectivity index (χ3v) is 5.85. The van der Waals surface area contributed by atoms with Gasteiger partial charge in [-0.05, 0) is 42.8 Å². The molecule has 25 heavy (non-hydrogen) atoms. The standard InChI is InChI=1S/C17H14BrCl2NO3S/c1-12-9-17(16(20)11-15(12)19)25(22,23)21-7-2-3-8-24-14-6-4-5-13(18)10-14/h4-6,9-11,21H,7-8H2,1H3. The van der Waals surface area contributed by atoms with Crippen LogP contribution < -0.4 is 9.46 Å². The molecule has 2 aromatic rings. The molecule has 8 heteroatoms. The first kappa shape index (κ1) is 20.1. The van der Waals surface area contributed by atoms with Gasteiger partial charge in [0.2, 0.25) is 10.0 Å². The quantitative estimate of drug-likeness (QED) is 0.669. The largest absolute Gasteiger partial charge is 0.481 e. The predicted molar refractivity (Wildman–Crippen MR) is 104 cm³/mol. The van der Waals surface area contributed by atoms with E-state index in [0.717, 1.165) is 4.47 Å². The number of benzene rings is 2. The molecule has 0 aliphatic rings.